The molecule has 1 aliphatic heterocycles. The first kappa shape index (κ1) is 11.6. The first-order chi connectivity index (χ1) is 8.04. The second kappa shape index (κ2) is 4.18. The summed E-state index contributed by atoms with van der Waals surface area (Å²) in [5, 5.41) is 10.6. The highest BCUT2D eigenvalue weighted by Crippen LogP contribution is 2.33. The van der Waals surface area contributed by atoms with Crippen LogP contribution in [0.3, 0.4) is 0 Å². The molecule has 1 heterocycles. The maximum absolute atomic E-state index is 10.6. The van der Waals surface area contributed by atoms with Gasteiger partial charge < -0.3 is 9.47 Å². The minimum atomic E-state index is -0.516. The van der Waals surface area contributed by atoms with Crippen LogP contribution in [0.5, 0.6) is 5.75 Å². The Morgan fingerprint density at radius 3 is 2.94 bits per heavy atom. The quantitative estimate of drug-likeness (QED) is 0.596. The zero-order chi connectivity index (χ0) is 12.5. The number of non-ortho nitro benzene ring substituents is 1. The van der Waals surface area contributed by atoms with Crippen LogP contribution >= 0.6 is 0 Å². The number of methoxy groups -OCH3 is 1. The van der Waals surface area contributed by atoms with Gasteiger partial charge in [-0.1, -0.05) is 6.08 Å². The van der Waals surface area contributed by atoms with Crippen molar-refractivity contribution in [3.8, 4) is 5.75 Å². The Hall–Kier alpha value is -1.88. The normalized spacial score (nSPS) is 21.8. The predicted molar refractivity (Wildman–Crippen MR) is 63.0 cm³/mol. The van der Waals surface area contributed by atoms with Crippen LogP contribution in [0.1, 0.15) is 12.5 Å². The lowest BCUT2D eigenvalue weighted by atomic mass is 10.0. The van der Waals surface area contributed by atoms with E-state index in [1.165, 1.54) is 12.1 Å². The maximum atomic E-state index is 10.6. The molecule has 1 aromatic rings. The Balaban J connectivity index is 2.33. The molecule has 1 aromatic carbocycles. The number of hydrogen-bond acceptors (Lipinski definition) is 4. The van der Waals surface area contributed by atoms with Crippen molar-refractivity contribution in [2.24, 2.45) is 0 Å². The summed E-state index contributed by atoms with van der Waals surface area (Å²) in [6.45, 7) is 2.33. The molecule has 1 aliphatic rings. The number of benzene rings is 1. The van der Waals surface area contributed by atoms with Crippen molar-refractivity contribution in [2.45, 2.75) is 12.5 Å². The van der Waals surface area contributed by atoms with E-state index in [9.17, 15) is 10.1 Å². The van der Waals surface area contributed by atoms with Gasteiger partial charge in [0.05, 0.1) is 11.5 Å². The number of rotatable bonds is 3. The van der Waals surface area contributed by atoms with Crippen LogP contribution in [0.25, 0.3) is 6.08 Å². The Morgan fingerprint density at radius 2 is 2.29 bits per heavy atom. The van der Waals surface area contributed by atoms with Gasteiger partial charge in [-0.2, -0.15) is 0 Å². The molecule has 0 radical (unpaired) electrons. The summed E-state index contributed by atoms with van der Waals surface area (Å²) in [5.41, 5.74) is 0.262. The molecule has 0 saturated carbocycles. The van der Waals surface area contributed by atoms with E-state index in [2.05, 4.69) is 0 Å². The fourth-order valence-corrected chi connectivity index (χ4v) is 1.79. The molecule has 0 fully saturated rings. The van der Waals surface area contributed by atoms with Crippen LogP contribution in [0, 0.1) is 10.1 Å². The van der Waals surface area contributed by atoms with E-state index < -0.39 is 10.5 Å². The van der Waals surface area contributed by atoms with E-state index in [1.807, 2.05) is 19.1 Å². The molecule has 0 aromatic heterocycles. The second-order valence-electron chi connectivity index (χ2n) is 4.16. The minimum absolute atomic E-state index is 0.0624. The Bertz CT molecular complexity index is 483. The number of nitrogens with zero attached hydrogens (tertiary/aromatic N) is 1. The highest BCUT2D eigenvalue weighted by Gasteiger charge is 2.28. The molecule has 0 N–H and O–H groups in total. The van der Waals surface area contributed by atoms with Crippen LogP contribution in [0.2, 0.25) is 0 Å². The molecule has 0 bridgehead atoms. The summed E-state index contributed by atoms with van der Waals surface area (Å²) in [5.74, 6) is 0.637. The van der Waals surface area contributed by atoms with Crippen molar-refractivity contribution >= 4 is 11.8 Å². The first-order valence-electron chi connectivity index (χ1n) is 5.20. The van der Waals surface area contributed by atoms with E-state index >= 15 is 0 Å². The smallest absolute Gasteiger partial charge is 0.270 e. The molecular weight excluding hydrogens is 222 g/mol. The first-order valence-corrected chi connectivity index (χ1v) is 5.20. The van der Waals surface area contributed by atoms with Gasteiger partial charge in [0.15, 0.2) is 0 Å². The molecule has 0 spiro atoms. The molecule has 90 valence electrons. The van der Waals surface area contributed by atoms with Gasteiger partial charge in [-0.3, -0.25) is 10.1 Å². The van der Waals surface area contributed by atoms with E-state index in [1.54, 1.807) is 13.2 Å². The second-order valence-corrected chi connectivity index (χ2v) is 4.16. The Kier molecular flexibility index (Phi) is 2.85. The predicted octanol–water partition coefficient (Wildman–Crippen LogP) is 2.41. The highest BCUT2D eigenvalue weighted by atomic mass is 16.6. The third-order valence-electron chi connectivity index (χ3n) is 2.59. The number of nitro groups is 1. The molecule has 0 aliphatic carbocycles. The Labute approximate surface area is 98.8 Å². The molecule has 0 saturated heterocycles. The fourth-order valence-electron chi connectivity index (χ4n) is 1.79. The molecule has 1 atom stereocenters. The van der Waals surface area contributed by atoms with Crippen LogP contribution < -0.4 is 4.74 Å². The highest BCUT2D eigenvalue weighted by molar-refractivity contribution is 5.64. The molecule has 2 rings (SSSR count). The topological polar surface area (TPSA) is 61.6 Å². The summed E-state index contributed by atoms with van der Waals surface area (Å²) in [4.78, 5) is 10.2. The third-order valence-corrected chi connectivity index (χ3v) is 2.59. The van der Waals surface area contributed by atoms with Crippen LogP contribution in [0.15, 0.2) is 24.3 Å². The number of nitro benzene ring substituents is 1. The number of fused-ring (bicyclic) bond motifs is 1. The van der Waals surface area contributed by atoms with Gasteiger partial charge >= 0.3 is 0 Å². The lowest BCUT2D eigenvalue weighted by molar-refractivity contribution is -0.384. The van der Waals surface area contributed by atoms with Crippen molar-refractivity contribution in [3.63, 3.8) is 0 Å². The lowest BCUT2D eigenvalue weighted by Gasteiger charge is -2.30. The summed E-state index contributed by atoms with van der Waals surface area (Å²) in [6, 6.07) is 4.55. The zero-order valence-electron chi connectivity index (χ0n) is 9.67. The molecule has 5 heteroatoms. The standard InChI is InChI=1S/C12H13NO4/c1-12(8-16-2)6-5-9-7-10(13(14)15)3-4-11(9)17-12/h3-7H,8H2,1-2H3/t12-/m1/s1. The van der Waals surface area contributed by atoms with Crippen molar-refractivity contribution in [1.29, 1.82) is 0 Å². The third kappa shape index (κ3) is 2.29. The van der Waals surface area contributed by atoms with Crippen LogP contribution in [0.4, 0.5) is 5.69 Å². The van der Waals surface area contributed by atoms with Gasteiger partial charge in [-0.05, 0) is 19.1 Å². The maximum Gasteiger partial charge on any atom is 0.270 e. The fraction of sp³-hybridized carbons (Fsp3) is 0.333. The van der Waals surface area contributed by atoms with Crippen molar-refractivity contribution in [2.75, 3.05) is 13.7 Å². The van der Waals surface area contributed by atoms with Crippen molar-refractivity contribution < 1.29 is 14.4 Å². The van der Waals surface area contributed by atoms with E-state index in [0.717, 1.165) is 0 Å². The average Bonchev–Trinajstić information content (AvgIpc) is 2.28. The van der Waals surface area contributed by atoms with Crippen molar-refractivity contribution in [1.82, 2.24) is 0 Å². The monoisotopic (exact) mass is 235 g/mol. The summed E-state index contributed by atoms with van der Waals surface area (Å²) in [7, 11) is 1.60. The van der Waals surface area contributed by atoms with Gasteiger partial charge in [0.2, 0.25) is 0 Å². The molecular formula is C12H13NO4. The largest absolute Gasteiger partial charge is 0.480 e. The Morgan fingerprint density at radius 1 is 1.53 bits per heavy atom. The molecule has 0 unspecified atom stereocenters. The molecule has 17 heavy (non-hydrogen) atoms. The van der Waals surface area contributed by atoms with Gasteiger partial charge in [-0.25, -0.2) is 0 Å². The van der Waals surface area contributed by atoms with Crippen LogP contribution in [-0.4, -0.2) is 24.2 Å². The van der Waals surface area contributed by atoms with Gasteiger partial charge in [-0.15, -0.1) is 0 Å². The zero-order valence-corrected chi connectivity index (χ0v) is 9.67. The van der Waals surface area contributed by atoms with E-state index in [-0.39, 0.29) is 5.69 Å². The van der Waals surface area contributed by atoms with E-state index in [0.29, 0.717) is 17.9 Å². The molecule has 5 nitrogen and oxygen atoms in total. The summed E-state index contributed by atoms with van der Waals surface area (Å²) < 4.78 is 10.8. The number of hydrogen-bond donors (Lipinski definition) is 0. The summed E-state index contributed by atoms with van der Waals surface area (Å²) in [6.07, 6.45) is 3.67. The van der Waals surface area contributed by atoms with Gasteiger partial charge in [0.25, 0.3) is 5.69 Å². The number of ether oxygens (including phenoxy) is 2. The SMILES string of the molecule is COC[C@@]1(C)C=Cc2cc([N+](=O)[O-])ccc2O1. The van der Waals surface area contributed by atoms with Gasteiger partial charge in [0, 0.05) is 24.8 Å². The van der Waals surface area contributed by atoms with Crippen LogP contribution in [-0.2, 0) is 4.74 Å². The van der Waals surface area contributed by atoms with E-state index in [4.69, 9.17) is 9.47 Å². The summed E-state index contributed by atoms with van der Waals surface area (Å²) >= 11 is 0. The average molecular weight is 235 g/mol. The molecule has 0 amide bonds. The van der Waals surface area contributed by atoms with Crippen molar-refractivity contribution in [3.05, 3.63) is 40.0 Å². The lowest BCUT2D eigenvalue weighted by Crippen LogP contribution is -2.36. The van der Waals surface area contributed by atoms with Gasteiger partial charge in [0.1, 0.15) is 11.4 Å². The minimum Gasteiger partial charge on any atom is -0.480 e.